The molecule has 0 bridgehead atoms. The second-order valence-corrected chi connectivity index (χ2v) is 2.20. The molecule has 0 fully saturated rings. The van der Waals surface area contributed by atoms with Crippen LogP contribution in [-0.2, 0) is 4.79 Å². The van der Waals surface area contributed by atoms with Crippen LogP contribution in [0.2, 0.25) is 0 Å². The van der Waals surface area contributed by atoms with Gasteiger partial charge in [0.2, 0.25) is 5.91 Å². The van der Waals surface area contributed by atoms with Gasteiger partial charge in [-0.1, -0.05) is 5.57 Å². The number of hydrogen-bond acceptors (Lipinski definition) is 3. The fraction of sp³-hybridized carbons (Fsp3) is 0.571. The summed E-state index contributed by atoms with van der Waals surface area (Å²) in [6.07, 6.45) is 1.39. The van der Waals surface area contributed by atoms with Gasteiger partial charge in [0.05, 0.1) is 0 Å². The number of nitrogens with two attached hydrogens (primary N) is 3. The molecule has 0 radical (unpaired) electrons. The summed E-state index contributed by atoms with van der Waals surface area (Å²) >= 11 is 0. The third-order valence-corrected chi connectivity index (χ3v) is 0.598. The maximum atomic E-state index is 9.96. The van der Waals surface area contributed by atoms with Gasteiger partial charge in [0.15, 0.2) is 0 Å². The minimum absolute atomic E-state index is 0.375. The van der Waals surface area contributed by atoms with Crippen LogP contribution in [0.15, 0.2) is 11.6 Å². The first kappa shape index (κ1) is 12.8. The number of hydrogen-bond donors (Lipinski definition) is 3. The van der Waals surface area contributed by atoms with Crippen molar-refractivity contribution in [2.45, 2.75) is 13.8 Å². The lowest BCUT2D eigenvalue weighted by molar-refractivity contribution is -0.113. The second kappa shape index (κ2) is 9.13. The average molecular weight is 159 g/mol. The molecule has 0 atom stereocenters. The number of carbonyl (C=O) groups excluding carboxylic acids is 1. The Morgan fingerprint density at radius 1 is 1.27 bits per heavy atom. The van der Waals surface area contributed by atoms with E-state index in [4.69, 9.17) is 17.2 Å². The first-order chi connectivity index (χ1) is 5.04. The van der Waals surface area contributed by atoms with Crippen LogP contribution >= 0.6 is 0 Å². The number of carbonyl (C=O) groups is 1. The van der Waals surface area contributed by atoms with E-state index in [-0.39, 0.29) is 5.91 Å². The van der Waals surface area contributed by atoms with Crippen LogP contribution in [0.1, 0.15) is 13.8 Å². The SMILES string of the molecule is CC(C)=CC(N)=O.NCCN. The van der Waals surface area contributed by atoms with E-state index in [9.17, 15) is 4.79 Å². The minimum Gasteiger partial charge on any atom is -0.366 e. The monoisotopic (exact) mass is 159 g/mol. The van der Waals surface area contributed by atoms with E-state index < -0.39 is 0 Å². The molecule has 66 valence electrons. The Labute approximate surface area is 67.4 Å². The van der Waals surface area contributed by atoms with Gasteiger partial charge in [0, 0.05) is 19.2 Å². The van der Waals surface area contributed by atoms with Gasteiger partial charge < -0.3 is 17.2 Å². The van der Waals surface area contributed by atoms with Gasteiger partial charge in [-0.3, -0.25) is 4.79 Å². The Morgan fingerprint density at radius 3 is 1.64 bits per heavy atom. The van der Waals surface area contributed by atoms with Crippen molar-refractivity contribution < 1.29 is 4.79 Å². The molecular formula is C7H17N3O. The van der Waals surface area contributed by atoms with Gasteiger partial charge in [-0.15, -0.1) is 0 Å². The third kappa shape index (κ3) is 27.2. The molecule has 0 aromatic carbocycles. The molecule has 0 aliphatic rings. The predicted octanol–water partition coefficient (Wildman–Crippen LogP) is -0.658. The standard InChI is InChI=1S/C5H9NO.C2H8N2/c1-4(2)3-5(6)7;3-1-2-4/h3H,1-2H3,(H2,6,7);1-4H2. The normalized spacial score (nSPS) is 7.64. The highest BCUT2D eigenvalue weighted by Gasteiger charge is 1.80. The molecule has 0 aromatic rings. The van der Waals surface area contributed by atoms with Crippen molar-refractivity contribution in [2.24, 2.45) is 17.2 Å². The molecule has 11 heavy (non-hydrogen) atoms. The maximum Gasteiger partial charge on any atom is 0.241 e. The second-order valence-electron chi connectivity index (χ2n) is 2.20. The summed E-state index contributed by atoms with van der Waals surface area (Å²) < 4.78 is 0. The molecule has 0 aliphatic carbocycles. The summed E-state index contributed by atoms with van der Waals surface area (Å²) in [4.78, 5) is 9.96. The highest BCUT2D eigenvalue weighted by atomic mass is 16.1. The quantitative estimate of drug-likeness (QED) is 0.467. The molecule has 0 saturated heterocycles. The summed E-state index contributed by atoms with van der Waals surface area (Å²) in [6.45, 7) is 4.84. The number of amides is 1. The van der Waals surface area contributed by atoms with Gasteiger partial charge in [-0.2, -0.15) is 0 Å². The lowest BCUT2D eigenvalue weighted by atomic mass is 10.3. The molecule has 0 saturated carbocycles. The summed E-state index contributed by atoms with van der Waals surface area (Å²) in [7, 11) is 0. The van der Waals surface area contributed by atoms with Crippen molar-refractivity contribution in [3.05, 3.63) is 11.6 Å². The van der Waals surface area contributed by atoms with E-state index in [1.807, 2.05) is 13.8 Å². The number of rotatable bonds is 2. The van der Waals surface area contributed by atoms with Gasteiger partial charge in [-0.05, 0) is 13.8 Å². The minimum atomic E-state index is -0.375. The number of primary amides is 1. The molecule has 0 unspecified atom stereocenters. The average Bonchev–Trinajstić information content (AvgIpc) is 1.85. The maximum absolute atomic E-state index is 9.96. The summed E-state index contributed by atoms with van der Waals surface area (Å²) in [5, 5.41) is 0. The zero-order valence-corrected chi connectivity index (χ0v) is 7.13. The Hall–Kier alpha value is -0.870. The zero-order chi connectivity index (χ0) is 9.28. The molecule has 0 aromatic heterocycles. The van der Waals surface area contributed by atoms with E-state index >= 15 is 0 Å². The van der Waals surface area contributed by atoms with Gasteiger partial charge in [-0.25, -0.2) is 0 Å². The van der Waals surface area contributed by atoms with E-state index in [0.29, 0.717) is 13.1 Å². The van der Waals surface area contributed by atoms with Crippen LogP contribution in [0.25, 0.3) is 0 Å². The number of allylic oxidation sites excluding steroid dienone is 1. The molecule has 6 N–H and O–H groups in total. The molecule has 4 heteroatoms. The first-order valence-electron chi connectivity index (χ1n) is 3.39. The van der Waals surface area contributed by atoms with E-state index in [1.165, 1.54) is 6.08 Å². The van der Waals surface area contributed by atoms with Crippen LogP contribution in [-0.4, -0.2) is 19.0 Å². The fourth-order valence-corrected chi connectivity index (χ4v) is 0.285. The largest absolute Gasteiger partial charge is 0.366 e. The van der Waals surface area contributed by atoms with E-state index in [2.05, 4.69) is 0 Å². The molecule has 0 heterocycles. The van der Waals surface area contributed by atoms with Crippen molar-refractivity contribution in [2.75, 3.05) is 13.1 Å². The van der Waals surface area contributed by atoms with Gasteiger partial charge >= 0.3 is 0 Å². The van der Waals surface area contributed by atoms with E-state index in [0.717, 1.165) is 5.57 Å². The van der Waals surface area contributed by atoms with Crippen LogP contribution in [0.3, 0.4) is 0 Å². The summed E-state index contributed by atoms with van der Waals surface area (Å²) in [5.41, 5.74) is 15.5. The Balaban J connectivity index is 0. The van der Waals surface area contributed by atoms with Crippen LogP contribution in [0.5, 0.6) is 0 Å². The van der Waals surface area contributed by atoms with Crippen LogP contribution in [0.4, 0.5) is 0 Å². The predicted molar refractivity (Wildman–Crippen MR) is 46.7 cm³/mol. The zero-order valence-electron chi connectivity index (χ0n) is 7.13. The smallest absolute Gasteiger partial charge is 0.241 e. The Bertz CT molecular complexity index is 126. The molecule has 0 rings (SSSR count). The molecule has 0 spiro atoms. The van der Waals surface area contributed by atoms with Crippen molar-refractivity contribution in [1.29, 1.82) is 0 Å². The van der Waals surface area contributed by atoms with E-state index in [1.54, 1.807) is 0 Å². The molecule has 0 aliphatic heterocycles. The molecule has 4 nitrogen and oxygen atoms in total. The van der Waals surface area contributed by atoms with Crippen molar-refractivity contribution >= 4 is 5.91 Å². The summed E-state index contributed by atoms with van der Waals surface area (Å²) in [6, 6.07) is 0. The topological polar surface area (TPSA) is 95.1 Å². The lowest BCUT2D eigenvalue weighted by Gasteiger charge is -1.80. The Morgan fingerprint density at radius 2 is 1.64 bits per heavy atom. The first-order valence-corrected chi connectivity index (χ1v) is 3.39. The molecule has 1 amide bonds. The van der Waals surface area contributed by atoms with Crippen LogP contribution < -0.4 is 17.2 Å². The van der Waals surface area contributed by atoms with Gasteiger partial charge in [0.1, 0.15) is 0 Å². The highest BCUT2D eigenvalue weighted by Crippen LogP contribution is 1.84. The van der Waals surface area contributed by atoms with Gasteiger partial charge in [0.25, 0.3) is 0 Å². The lowest BCUT2D eigenvalue weighted by Crippen LogP contribution is -2.11. The molecular weight excluding hydrogens is 142 g/mol. The van der Waals surface area contributed by atoms with Crippen molar-refractivity contribution in [1.82, 2.24) is 0 Å². The fourth-order valence-electron chi connectivity index (χ4n) is 0.285. The Kier molecular flexibility index (Phi) is 10.6. The highest BCUT2D eigenvalue weighted by molar-refractivity contribution is 5.86. The third-order valence-electron chi connectivity index (χ3n) is 0.598. The van der Waals surface area contributed by atoms with Crippen molar-refractivity contribution in [3.8, 4) is 0 Å². The summed E-state index contributed by atoms with van der Waals surface area (Å²) in [5.74, 6) is -0.375. The van der Waals surface area contributed by atoms with Crippen molar-refractivity contribution in [3.63, 3.8) is 0 Å². The van der Waals surface area contributed by atoms with Crippen LogP contribution in [0, 0.1) is 0 Å².